The van der Waals surface area contributed by atoms with Gasteiger partial charge in [-0.3, -0.25) is 9.48 Å². The molecule has 7 heteroatoms. The Hall–Kier alpha value is -1.11. The number of nitrogens with zero attached hydrogens (tertiary/aromatic N) is 3. The van der Waals surface area contributed by atoms with Crippen molar-refractivity contribution in [1.82, 2.24) is 14.7 Å². The number of hydrogen-bond acceptors (Lipinski definition) is 4. The van der Waals surface area contributed by atoms with E-state index in [0.29, 0.717) is 0 Å². The summed E-state index contributed by atoms with van der Waals surface area (Å²) in [6, 6.07) is 2.22. The summed E-state index contributed by atoms with van der Waals surface area (Å²) in [5, 5.41) is 5.45. The molecule has 0 unspecified atom stereocenters. The number of carbonyl (C=O) groups is 1. The third-order valence-corrected chi connectivity index (χ3v) is 4.92. The van der Waals surface area contributed by atoms with Crippen LogP contribution in [0.15, 0.2) is 6.07 Å². The Balaban J connectivity index is 0.00000147. The van der Waals surface area contributed by atoms with Gasteiger partial charge in [0.05, 0.1) is 10.6 Å². The molecule has 0 radical (unpaired) electrons. The molecular weight excluding hydrogens is 296 g/mol. The van der Waals surface area contributed by atoms with Crippen molar-refractivity contribution in [2.45, 2.75) is 25.8 Å². The van der Waals surface area contributed by atoms with Crippen LogP contribution in [-0.2, 0) is 7.05 Å². The van der Waals surface area contributed by atoms with Gasteiger partial charge in [-0.15, -0.1) is 23.7 Å². The van der Waals surface area contributed by atoms with E-state index in [-0.39, 0.29) is 24.4 Å². The van der Waals surface area contributed by atoms with E-state index in [1.165, 1.54) is 11.3 Å². The first kappa shape index (κ1) is 15.3. The highest BCUT2D eigenvalue weighted by atomic mass is 35.5. The van der Waals surface area contributed by atoms with E-state index in [4.69, 9.17) is 5.73 Å². The highest BCUT2D eigenvalue weighted by Crippen LogP contribution is 2.29. The zero-order valence-electron chi connectivity index (χ0n) is 11.6. The van der Waals surface area contributed by atoms with E-state index < -0.39 is 0 Å². The van der Waals surface area contributed by atoms with Crippen LogP contribution < -0.4 is 5.73 Å². The first-order chi connectivity index (χ1) is 9.06. The second-order valence-corrected chi connectivity index (χ2v) is 6.20. The summed E-state index contributed by atoms with van der Waals surface area (Å²) in [6.07, 6.45) is 1.80. The van der Waals surface area contributed by atoms with Crippen LogP contribution >= 0.6 is 23.7 Å². The van der Waals surface area contributed by atoms with Gasteiger partial charge >= 0.3 is 0 Å². The Kier molecular flexibility index (Phi) is 4.36. The molecule has 1 amide bonds. The zero-order chi connectivity index (χ0) is 13.6. The lowest BCUT2D eigenvalue weighted by Gasteiger charge is -2.29. The molecule has 3 heterocycles. The van der Waals surface area contributed by atoms with E-state index >= 15 is 0 Å². The average molecular weight is 315 g/mol. The summed E-state index contributed by atoms with van der Waals surface area (Å²) < 4.78 is 1.85. The number of likely N-dealkylation sites (tertiary alicyclic amines) is 1. The van der Waals surface area contributed by atoms with Crippen molar-refractivity contribution in [2.24, 2.45) is 12.8 Å². The molecule has 0 bridgehead atoms. The van der Waals surface area contributed by atoms with Crippen molar-refractivity contribution >= 4 is 39.9 Å². The minimum Gasteiger partial charge on any atom is -0.338 e. The van der Waals surface area contributed by atoms with Crippen molar-refractivity contribution < 1.29 is 4.79 Å². The van der Waals surface area contributed by atoms with Gasteiger partial charge in [-0.1, -0.05) is 0 Å². The van der Waals surface area contributed by atoms with Gasteiger partial charge in [0, 0.05) is 31.6 Å². The SMILES string of the molecule is Cc1nn(C)c2sc(C(=O)N3CCC(N)CC3)cc12.Cl. The number of carbonyl (C=O) groups excluding carboxylic acids is 1. The summed E-state index contributed by atoms with van der Waals surface area (Å²) in [6.45, 7) is 3.51. The van der Waals surface area contributed by atoms with Gasteiger partial charge in [0.2, 0.25) is 0 Å². The van der Waals surface area contributed by atoms with Crippen molar-refractivity contribution in [1.29, 1.82) is 0 Å². The van der Waals surface area contributed by atoms with Crippen LogP contribution in [-0.4, -0.2) is 39.7 Å². The number of nitrogens with two attached hydrogens (primary N) is 1. The predicted octanol–water partition coefficient (Wildman–Crippen LogP) is 1.93. The van der Waals surface area contributed by atoms with Gasteiger partial charge in [-0.25, -0.2) is 0 Å². The van der Waals surface area contributed by atoms with Crippen LogP contribution in [0.4, 0.5) is 0 Å². The lowest BCUT2D eigenvalue weighted by molar-refractivity contribution is 0.0720. The van der Waals surface area contributed by atoms with Crippen LogP contribution in [0.1, 0.15) is 28.2 Å². The summed E-state index contributed by atoms with van der Waals surface area (Å²) in [5.41, 5.74) is 6.85. The first-order valence-electron chi connectivity index (χ1n) is 6.54. The Morgan fingerprint density at radius 2 is 2.10 bits per heavy atom. The Bertz CT molecular complexity index is 593. The van der Waals surface area contributed by atoms with Crippen molar-refractivity contribution in [3.8, 4) is 0 Å². The third-order valence-electron chi connectivity index (χ3n) is 3.73. The van der Waals surface area contributed by atoms with Crippen molar-refractivity contribution in [3.05, 3.63) is 16.6 Å². The quantitative estimate of drug-likeness (QED) is 0.874. The number of amides is 1. The van der Waals surface area contributed by atoms with Gasteiger partial charge in [0.25, 0.3) is 5.91 Å². The maximum absolute atomic E-state index is 12.5. The maximum Gasteiger partial charge on any atom is 0.264 e. The molecule has 2 aromatic heterocycles. The van der Waals surface area contributed by atoms with E-state index in [9.17, 15) is 4.79 Å². The lowest BCUT2D eigenvalue weighted by Crippen LogP contribution is -2.42. The molecule has 3 rings (SSSR count). The molecule has 110 valence electrons. The topological polar surface area (TPSA) is 64.2 Å². The summed E-state index contributed by atoms with van der Waals surface area (Å²) in [7, 11) is 1.92. The average Bonchev–Trinajstić information content (AvgIpc) is 2.93. The monoisotopic (exact) mass is 314 g/mol. The smallest absolute Gasteiger partial charge is 0.264 e. The van der Waals surface area contributed by atoms with Crippen LogP contribution in [0.2, 0.25) is 0 Å². The fourth-order valence-electron chi connectivity index (χ4n) is 2.57. The first-order valence-corrected chi connectivity index (χ1v) is 7.36. The van der Waals surface area contributed by atoms with Crippen LogP contribution in [0.5, 0.6) is 0 Å². The second kappa shape index (κ2) is 5.71. The van der Waals surface area contributed by atoms with Gasteiger partial charge < -0.3 is 10.6 Å². The highest BCUT2D eigenvalue weighted by molar-refractivity contribution is 7.20. The van der Waals surface area contributed by atoms with Gasteiger partial charge in [0.1, 0.15) is 4.83 Å². The normalized spacial score (nSPS) is 16.4. The van der Waals surface area contributed by atoms with Crippen LogP contribution in [0.3, 0.4) is 0 Å². The van der Waals surface area contributed by atoms with E-state index in [0.717, 1.165) is 46.7 Å². The van der Waals surface area contributed by atoms with Gasteiger partial charge in [-0.05, 0) is 25.8 Å². The fourth-order valence-corrected chi connectivity index (χ4v) is 3.66. The minimum absolute atomic E-state index is 0. The third kappa shape index (κ3) is 2.55. The van der Waals surface area contributed by atoms with E-state index in [2.05, 4.69) is 5.10 Å². The predicted molar refractivity (Wildman–Crippen MR) is 83.7 cm³/mol. The molecule has 1 aliphatic heterocycles. The molecular formula is C13H19ClN4OS. The van der Waals surface area contributed by atoms with Crippen LogP contribution in [0.25, 0.3) is 10.2 Å². The van der Waals surface area contributed by atoms with Gasteiger partial charge in [0.15, 0.2) is 0 Å². The lowest BCUT2D eigenvalue weighted by atomic mass is 10.1. The van der Waals surface area contributed by atoms with Crippen LogP contribution in [0, 0.1) is 6.92 Å². The molecule has 1 aliphatic rings. The Morgan fingerprint density at radius 3 is 2.70 bits per heavy atom. The molecule has 1 fully saturated rings. The molecule has 0 aromatic carbocycles. The maximum atomic E-state index is 12.5. The van der Waals surface area contributed by atoms with E-state index in [1.807, 2.05) is 29.6 Å². The number of fused-ring (bicyclic) bond motifs is 1. The van der Waals surface area contributed by atoms with Crippen molar-refractivity contribution in [2.75, 3.05) is 13.1 Å². The molecule has 2 aromatic rings. The van der Waals surface area contributed by atoms with E-state index in [1.54, 1.807) is 0 Å². The largest absolute Gasteiger partial charge is 0.338 e. The summed E-state index contributed by atoms with van der Waals surface area (Å²) in [5.74, 6) is 0.132. The molecule has 20 heavy (non-hydrogen) atoms. The Morgan fingerprint density at radius 1 is 1.45 bits per heavy atom. The number of thiophene rings is 1. The van der Waals surface area contributed by atoms with Gasteiger partial charge in [-0.2, -0.15) is 5.10 Å². The number of aryl methyl sites for hydroxylation is 2. The number of halogens is 1. The number of aromatic nitrogens is 2. The summed E-state index contributed by atoms with van der Waals surface area (Å²) in [4.78, 5) is 16.2. The molecule has 5 nitrogen and oxygen atoms in total. The molecule has 1 saturated heterocycles. The second-order valence-electron chi connectivity index (χ2n) is 5.17. The number of hydrogen-bond donors (Lipinski definition) is 1. The molecule has 0 atom stereocenters. The molecule has 0 saturated carbocycles. The fraction of sp³-hybridized carbons (Fsp3) is 0.538. The number of piperidine rings is 1. The van der Waals surface area contributed by atoms with Crippen molar-refractivity contribution in [3.63, 3.8) is 0 Å². The molecule has 2 N–H and O–H groups in total. The number of rotatable bonds is 1. The molecule has 0 spiro atoms. The molecule has 0 aliphatic carbocycles. The highest BCUT2D eigenvalue weighted by Gasteiger charge is 2.24. The minimum atomic E-state index is 0. The zero-order valence-corrected chi connectivity index (χ0v) is 13.3. The summed E-state index contributed by atoms with van der Waals surface area (Å²) >= 11 is 1.53. The standard InChI is InChI=1S/C13H18N4OS.ClH/c1-8-10-7-11(19-13(10)16(2)15-8)12(18)17-5-3-9(14)4-6-17;/h7,9H,3-6,14H2,1-2H3;1H. The Labute approximate surface area is 128 Å².